The smallest absolute Gasteiger partial charge is 0.261 e. The van der Waals surface area contributed by atoms with Crippen LogP contribution in [0, 0.1) is 0 Å². The number of hydrogen-bond donors (Lipinski definition) is 0. The molecule has 78 valence electrons. The molecule has 0 aromatic carbocycles. The van der Waals surface area contributed by atoms with E-state index in [2.05, 4.69) is 13.2 Å². The average molecular weight is 226 g/mol. The van der Waals surface area contributed by atoms with Crippen molar-refractivity contribution in [3.05, 3.63) is 36.5 Å². The third kappa shape index (κ3) is 1.89. The minimum absolute atomic E-state index is 0.146. The zero-order chi connectivity index (χ0) is 11.6. The summed E-state index contributed by atoms with van der Waals surface area (Å²) in [6.07, 6.45) is 2.52. The summed E-state index contributed by atoms with van der Waals surface area (Å²) in [5, 5.41) is -0.773. The maximum Gasteiger partial charge on any atom is 0.261 e. The lowest BCUT2D eigenvalue weighted by atomic mass is 10.1. The number of amides is 2. The molecular weight excluding hydrogens is 218 g/mol. The summed E-state index contributed by atoms with van der Waals surface area (Å²) in [6, 6.07) is 0. The van der Waals surface area contributed by atoms with Gasteiger partial charge in [0.1, 0.15) is 6.54 Å². The van der Waals surface area contributed by atoms with E-state index < -0.39 is 23.6 Å². The van der Waals surface area contributed by atoms with Crippen LogP contribution in [-0.4, -0.2) is 28.5 Å². The predicted molar refractivity (Wildman–Crippen MR) is 55.0 cm³/mol. The first-order valence-corrected chi connectivity index (χ1v) is 4.44. The van der Waals surface area contributed by atoms with Crippen molar-refractivity contribution in [2.75, 3.05) is 6.54 Å². The lowest BCUT2D eigenvalue weighted by Crippen LogP contribution is -2.34. The van der Waals surface area contributed by atoms with Gasteiger partial charge in [0.05, 0.1) is 11.1 Å². The van der Waals surface area contributed by atoms with E-state index in [0.29, 0.717) is 0 Å². The molecule has 0 radical (unpaired) electrons. The molecule has 2 amide bonds. The molecule has 0 bridgehead atoms. The van der Waals surface area contributed by atoms with Crippen LogP contribution in [0.4, 0.5) is 0 Å². The minimum Gasteiger partial charge on any atom is -0.279 e. The van der Waals surface area contributed by atoms with Gasteiger partial charge < -0.3 is 0 Å². The SMILES string of the molecule is C=CC1=C(C=C)C(=O)N(CC(=O)Cl)C1=O. The van der Waals surface area contributed by atoms with Crippen LogP contribution < -0.4 is 0 Å². The van der Waals surface area contributed by atoms with Gasteiger partial charge in [-0.1, -0.05) is 25.3 Å². The molecule has 1 aliphatic heterocycles. The van der Waals surface area contributed by atoms with Gasteiger partial charge in [0.25, 0.3) is 11.8 Å². The topological polar surface area (TPSA) is 54.5 Å². The summed E-state index contributed by atoms with van der Waals surface area (Å²) in [5.41, 5.74) is 0.292. The molecule has 0 saturated heterocycles. The van der Waals surface area contributed by atoms with Crippen LogP contribution >= 0.6 is 11.6 Å². The van der Waals surface area contributed by atoms with Gasteiger partial charge in [0.2, 0.25) is 5.24 Å². The Morgan fingerprint density at radius 1 is 1.20 bits per heavy atom. The van der Waals surface area contributed by atoms with E-state index >= 15 is 0 Å². The minimum atomic E-state index is -0.773. The predicted octanol–water partition coefficient (Wildman–Crippen LogP) is 0.789. The van der Waals surface area contributed by atoms with Gasteiger partial charge in [-0.3, -0.25) is 19.3 Å². The molecule has 0 atom stereocenters. The van der Waals surface area contributed by atoms with E-state index in [1.807, 2.05) is 0 Å². The summed E-state index contributed by atoms with van der Waals surface area (Å²) in [6.45, 7) is 6.40. The molecule has 0 aliphatic carbocycles. The third-order valence-electron chi connectivity index (χ3n) is 1.93. The van der Waals surface area contributed by atoms with Crippen LogP contribution in [-0.2, 0) is 14.4 Å². The van der Waals surface area contributed by atoms with Crippen LogP contribution in [0.3, 0.4) is 0 Å². The van der Waals surface area contributed by atoms with Crippen LogP contribution in [0.1, 0.15) is 0 Å². The molecule has 0 aromatic rings. The fraction of sp³-hybridized carbons (Fsp3) is 0.100. The molecule has 4 nitrogen and oxygen atoms in total. The molecule has 0 unspecified atom stereocenters. The van der Waals surface area contributed by atoms with Crippen molar-refractivity contribution in [2.45, 2.75) is 0 Å². The Morgan fingerprint density at radius 3 is 1.87 bits per heavy atom. The maximum atomic E-state index is 11.6. The Bertz CT molecular complexity index is 379. The van der Waals surface area contributed by atoms with E-state index in [4.69, 9.17) is 11.6 Å². The average Bonchev–Trinajstić information content (AvgIpc) is 2.40. The van der Waals surface area contributed by atoms with Gasteiger partial charge >= 0.3 is 0 Å². The standard InChI is InChI=1S/C10H8ClNO3/c1-3-6-7(4-2)10(15)12(9(6)14)5-8(11)13/h3-4H,1-2,5H2. The van der Waals surface area contributed by atoms with Crippen molar-refractivity contribution in [1.82, 2.24) is 4.90 Å². The molecule has 1 rings (SSSR count). The van der Waals surface area contributed by atoms with E-state index in [1.54, 1.807) is 0 Å². The Hall–Kier alpha value is -1.68. The van der Waals surface area contributed by atoms with Crippen LogP contribution in [0.25, 0.3) is 0 Å². The van der Waals surface area contributed by atoms with Crippen molar-refractivity contribution in [3.63, 3.8) is 0 Å². The maximum absolute atomic E-state index is 11.6. The number of nitrogens with zero attached hydrogens (tertiary/aromatic N) is 1. The summed E-state index contributed by atoms with van der Waals surface area (Å²) in [4.78, 5) is 34.5. The highest BCUT2D eigenvalue weighted by Crippen LogP contribution is 2.22. The summed E-state index contributed by atoms with van der Waals surface area (Å²) < 4.78 is 0. The second-order valence-electron chi connectivity index (χ2n) is 2.79. The first-order valence-electron chi connectivity index (χ1n) is 4.06. The van der Waals surface area contributed by atoms with Gasteiger partial charge in [-0.05, 0) is 11.6 Å². The third-order valence-corrected chi connectivity index (χ3v) is 2.05. The van der Waals surface area contributed by atoms with Gasteiger partial charge in [0, 0.05) is 0 Å². The molecule has 0 spiro atoms. The number of halogens is 1. The van der Waals surface area contributed by atoms with Crippen LogP contribution in [0.5, 0.6) is 0 Å². The molecule has 0 fully saturated rings. The van der Waals surface area contributed by atoms with Crippen molar-refractivity contribution < 1.29 is 14.4 Å². The van der Waals surface area contributed by atoms with Crippen molar-refractivity contribution >= 4 is 28.7 Å². The Morgan fingerprint density at radius 2 is 1.60 bits per heavy atom. The molecule has 0 aromatic heterocycles. The second-order valence-corrected chi connectivity index (χ2v) is 3.21. The quantitative estimate of drug-likeness (QED) is 0.525. The molecule has 0 N–H and O–H groups in total. The number of hydrogen-bond acceptors (Lipinski definition) is 3. The molecule has 1 aliphatic rings. The van der Waals surface area contributed by atoms with E-state index in [9.17, 15) is 14.4 Å². The van der Waals surface area contributed by atoms with Crippen LogP contribution in [0.15, 0.2) is 36.5 Å². The van der Waals surface area contributed by atoms with E-state index in [0.717, 1.165) is 4.90 Å². The number of carbonyl (C=O) groups is 3. The highest BCUT2D eigenvalue weighted by molar-refractivity contribution is 6.64. The number of rotatable bonds is 4. The fourth-order valence-corrected chi connectivity index (χ4v) is 1.40. The zero-order valence-corrected chi connectivity index (χ0v) is 8.58. The van der Waals surface area contributed by atoms with Crippen molar-refractivity contribution in [1.29, 1.82) is 0 Å². The largest absolute Gasteiger partial charge is 0.279 e. The van der Waals surface area contributed by atoms with Crippen LogP contribution in [0.2, 0.25) is 0 Å². The Kier molecular flexibility index (Phi) is 3.21. The molecule has 5 heteroatoms. The Balaban J connectivity index is 3.10. The lowest BCUT2D eigenvalue weighted by molar-refractivity contribution is -0.139. The second kappa shape index (κ2) is 4.23. The molecule has 1 heterocycles. The van der Waals surface area contributed by atoms with Gasteiger partial charge in [-0.2, -0.15) is 0 Å². The summed E-state index contributed by atoms with van der Waals surface area (Å²) >= 11 is 5.12. The number of carbonyl (C=O) groups excluding carboxylic acids is 3. The molecular formula is C10H8ClNO3. The van der Waals surface area contributed by atoms with E-state index in [-0.39, 0.29) is 11.1 Å². The van der Waals surface area contributed by atoms with Gasteiger partial charge in [0.15, 0.2) is 0 Å². The Labute approximate surface area is 91.5 Å². The summed E-state index contributed by atoms with van der Waals surface area (Å²) in [7, 11) is 0. The molecule has 0 saturated carbocycles. The molecule has 15 heavy (non-hydrogen) atoms. The first-order chi connectivity index (χ1) is 7.02. The monoisotopic (exact) mass is 225 g/mol. The highest BCUT2D eigenvalue weighted by Gasteiger charge is 2.35. The normalized spacial score (nSPS) is 15.9. The lowest BCUT2D eigenvalue weighted by Gasteiger charge is -2.10. The first kappa shape index (κ1) is 11.4. The zero-order valence-electron chi connectivity index (χ0n) is 7.83. The van der Waals surface area contributed by atoms with Gasteiger partial charge in [-0.25, -0.2) is 0 Å². The van der Waals surface area contributed by atoms with Gasteiger partial charge in [-0.15, -0.1) is 0 Å². The van der Waals surface area contributed by atoms with Crippen molar-refractivity contribution in [2.24, 2.45) is 0 Å². The highest BCUT2D eigenvalue weighted by atomic mass is 35.5. The fourth-order valence-electron chi connectivity index (χ4n) is 1.28. The summed E-state index contributed by atoms with van der Waals surface area (Å²) in [5.74, 6) is -1.14. The van der Waals surface area contributed by atoms with Crippen molar-refractivity contribution in [3.8, 4) is 0 Å². The number of imide groups is 1. The van der Waals surface area contributed by atoms with E-state index in [1.165, 1.54) is 12.2 Å².